The molecule has 0 bridgehead atoms. The number of halogens is 3. The van der Waals surface area contributed by atoms with Crippen LogP contribution in [0, 0.1) is 0 Å². The number of hydrogen-bond donors (Lipinski definition) is 1. The molecule has 0 amide bonds. The molecule has 1 heterocycles. The van der Waals surface area contributed by atoms with Crippen LogP contribution in [0.2, 0.25) is 0 Å². The predicted molar refractivity (Wildman–Crippen MR) is 64.0 cm³/mol. The van der Waals surface area contributed by atoms with E-state index in [9.17, 15) is 18.0 Å². The lowest BCUT2D eigenvalue weighted by Crippen LogP contribution is -2.34. The normalized spacial score (nSPS) is 13.1. The van der Waals surface area contributed by atoms with E-state index in [1.54, 1.807) is 18.7 Å². The summed E-state index contributed by atoms with van der Waals surface area (Å²) in [5.41, 5.74) is -0.662. The van der Waals surface area contributed by atoms with Crippen LogP contribution in [0.4, 0.5) is 18.9 Å². The Kier molecular flexibility index (Phi) is 4.74. The molecule has 0 radical (unpaired) electrons. The van der Waals surface area contributed by atoms with Crippen LogP contribution in [0.5, 0.6) is 0 Å². The molecule has 4 nitrogen and oxygen atoms in total. The van der Waals surface area contributed by atoms with Crippen molar-refractivity contribution in [3.63, 3.8) is 0 Å². The standard InChI is InChI=1S/C12H15F3N2O2/c1-3-17(8(2)6-11(18)19)9-4-5-16-10(7-9)12(13,14)15/h4-5,7-8H,3,6H2,1-2H3,(H,18,19). The molecule has 0 aliphatic heterocycles. The number of carboxylic acids is 1. The Morgan fingerprint density at radius 2 is 2.16 bits per heavy atom. The van der Waals surface area contributed by atoms with Gasteiger partial charge in [-0.3, -0.25) is 9.78 Å². The van der Waals surface area contributed by atoms with Crippen LogP contribution >= 0.6 is 0 Å². The van der Waals surface area contributed by atoms with Crippen molar-refractivity contribution in [3.8, 4) is 0 Å². The molecule has 1 unspecified atom stereocenters. The summed E-state index contributed by atoms with van der Waals surface area (Å²) in [5.74, 6) is -0.990. The van der Waals surface area contributed by atoms with Crippen LogP contribution in [0.25, 0.3) is 0 Å². The second kappa shape index (κ2) is 5.90. The van der Waals surface area contributed by atoms with Gasteiger partial charge in [0.15, 0.2) is 0 Å². The lowest BCUT2D eigenvalue weighted by Gasteiger charge is -2.29. The zero-order chi connectivity index (χ0) is 14.6. The van der Waals surface area contributed by atoms with Gasteiger partial charge < -0.3 is 10.0 Å². The lowest BCUT2D eigenvalue weighted by molar-refractivity contribution is -0.141. The summed E-state index contributed by atoms with van der Waals surface area (Å²) in [6, 6.07) is 1.98. The fourth-order valence-electron chi connectivity index (χ4n) is 1.86. The predicted octanol–water partition coefficient (Wildman–Crippen LogP) is 2.79. The molecule has 0 fully saturated rings. The number of aromatic nitrogens is 1. The largest absolute Gasteiger partial charge is 0.481 e. The van der Waals surface area contributed by atoms with E-state index >= 15 is 0 Å². The molecule has 1 atom stereocenters. The molecule has 0 aliphatic rings. The Hall–Kier alpha value is -1.79. The summed E-state index contributed by atoms with van der Waals surface area (Å²) in [7, 11) is 0. The summed E-state index contributed by atoms with van der Waals surface area (Å²) in [4.78, 5) is 15.6. The molecule has 0 saturated carbocycles. The average molecular weight is 276 g/mol. The Balaban J connectivity index is 3.02. The van der Waals surface area contributed by atoms with Gasteiger partial charge in [-0.1, -0.05) is 0 Å². The van der Waals surface area contributed by atoms with E-state index < -0.39 is 23.9 Å². The van der Waals surface area contributed by atoms with Crippen LogP contribution in [0.15, 0.2) is 18.3 Å². The quantitative estimate of drug-likeness (QED) is 0.898. The van der Waals surface area contributed by atoms with Crippen LogP contribution in [-0.2, 0) is 11.0 Å². The smallest absolute Gasteiger partial charge is 0.433 e. The maximum atomic E-state index is 12.6. The van der Waals surface area contributed by atoms with Gasteiger partial charge in [0, 0.05) is 24.5 Å². The SMILES string of the molecule is CCN(c1ccnc(C(F)(F)F)c1)C(C)CC(=O)O. The lowest BCUT2D eigenvalue weighted by atomic mass is 10.1. The molecule has 1 aromatic heterocycles. The highest BCUT2D eigenvalue weighted by Gasteiger charge is 2.33. The number of pyridine rings is 1. The van der Waals surface area contributed by atoms with Gasteiger partial charge in [0.1, 0.15) is 5.69 Å². The molecular formula is C12H15F3N2O2. The number of carboxylic acid groups (broad SMARTS) is 1. The van der Waals surface area contributed by atoms with Gasteiger partial charge in [0.25, 0.3) is 0 Å². The first-order valence-electron chi connectivity index (χ1n) is 5.77. The van der Waals surface area contributed by atoms with Crippen LogP contribution < -0.4 is 4.90 Å². The summed E-state index contributed by atoms with van der Waals surface area (Å²) in [6.45, 7) is 3.83. The first-order valence-corrected chi connectivity index (χ1v) is 5.77. The highest BCUT2D eigenvalue weighted by Crippen LogP contribution is 2.30. The van der Waals surface area contributed by atoms with Crippen molar-refractivity contribution in [1.82, 2.24) is 4.98 Å². The third-order valence-electron chi connectivity index (χ3n) is 2.71. The number of nitrogens with zero attached hydrogens (tertiary/aromatic N) is 2. The third kappa shape index (κ3) is 4.11. The monoisotopic (exact) mass is 276 g/mol. The maximum absolute atomic E-state index is 12.6. The van der Waals surface area contributed by atoms with Gasteiger partial charge in [-0.25, -0.2) is 0 Å². The van der Waals surface area contributed by atoms with Crippen molar-refractivity contribution in [3.05, 3.63) is 24.0 Å². The molecular weight excluding hydrogens is 261 g/mol. The second-order valence-corrected chi connectivity index (χ2v) is 4.13. The summed E-state index contributed by atoms with van der Waals surface area (Å²) in [5, 5.41) is 8.74. The van der Waals surface area contributed by atoms with Crippen molar-refractivity contribution in [2.24, 2.45) is 0 Å². The molecule has 106 valence electrons. The van der Waals surface area contributed by atoms with Gasteiger partial charge in [-0.05, 0) is 26.0 Å². The Labute approximate surface area is 108 Å². The maximum Gasteiger partial charge on any atom is 0.433 e. The van der Waals surface area contributed by atoms with Gasteiger partial charge in [-0.2, -0.15) is 13.2 Å². The Bertz CT molecular complexity index is 449. The molecule has 0 spiro atoms. The van der Waals surface area contributed by atoms with E-state index in [2.05, 4.69) is 4.98 Å². The van der Waals surface area contributed by atoms with Crippen molar-refractivity contribution < 1.29 is 23.1 Å². The van der Waals surface area contributed by atoms with Gasteiger partial charge >= 0.3 is 12.1 Å². The molecule has 0 saturated heterocycles. The fraction of sp³-hybridized carbons (Fsp3) is 0.500. The minimum atomic E-state index is -4.51. The Morgan fingerprint density at radius 3 is 2.63 bits per heavy atom. The first-order chi connectivity index (χ1) is 8.75. The van der Waals surface area contributed by atoms with E-state index in [4.69, 9.17) is 5.11 Å². The molecule has 0 aliphatic carbocycles. The number of hydrogen-bond acceptors (Lipinski definition) is 3. The number of anilines is 1. The second-order valence-electron chi connectivity index (χ2n) is 4.13. The summed E-state index contributed by atoms with van der Waals surface area (Å²) in [6.07, 6.45) is -3.57. The number of rotatable bonds is 5. The van der Waals surface area contributed by atoms with Crippen molar-refractivity contribution in [2.45, 2.75) is 32.5 Å². The van der Waals surface area contributed by atoms with Crippen LogP contribution in [0.3, 0.4) is 0 Å². The zero-order valence-corrected chi connectivity index (χ0v) is 10.6. The molecule has 7 heteroatoms. The van der Waals surface area contributed by atoms with E-state index in [0.29, 0.717) is 12.2 Å². The molecule has 0 aromatic carbocycles. The van der Waals surface area contributed by atoms with Crippen LogP contribution in [-0.4, -0.2) is 28.6 Å². The summed E-state index contributed by atoms with van der Waals surface area (Å²) < 4.78 is 37.7. The first kappa shape index (κ1) is 15.3. The molecule has 1 aromatic rings. The number of carbonyl (C=O) groups is 1. The van der Waals surface area contributed by atoms with Crippen molar-refractivity contribution in [2.75, 3.05) is 11.4 Å². The average Bonchev–Trinajstić information content (AvgIpc) is 2.28. The van der Waals surface area contributed by atoms with E-state index in [1.807, 2.05) is 0 Å². The Morgan fingerprint density at radius 1 is 1.53 bits per heavy atom. The number of aliphatic carboxylic acids is 1. The molecule has 19 heavy (non-hydrogen) atoms. The highest BCUT2D eigenvalue weighted by molar-refractivity contribution is 5.68. The highest BCUT2D eigenvalue weighted by atomic mass is 19.4. The minimum Gasteiger partial charge on any atom is -0.481 e. The van der Waals surface area contributed by atoms with Gasteiger partial charge in [0.2, 0.25) is 0 Å². The zero-order valence-electron chi connectivity index (χ0n) is 10.6. The number of alkyl halides is 3. The topological polar surface area (TPSA) is 53.4 Å². The fourth-order valence-corrected chi connectivity index (χ4v) is 1.86. The van der Waals surface area contributed by atoms with Gasteiger partial charge in [-0.15, -0.1) is 0 Å². The third-order valence-corrected chi connectivity index (χ3v) is 2.71. The molecule has 1 rings (SSSR count). The molecule has 1 N–H and O–H groups in total. The van der Waals surface area contributed by atoms with Crippen molar-refractivity contribution in [1.29, 1.82) is 0 Å². The summed E-state index contributed by atoms with van der Waals surface area (Å²) >= 11 is 0. The minimum absolute atomic E-state index is 0.141. The van der Waals surface area contributed by atoms with E-state index in [1.165, 1.54) is 6.07 Å². The van der Waals surface area contributed by atoms with Gasteiger partial charge in [0.05, 0.1) is 6.42 Å². The van der Waals surface area contributed by atoms with E-state index in [-0.39, 0.29) is 6.42 Å². The van der Waals surface area contributed by atoms with Crippen molar-refractivity contribution >= 4 is 11.7 Å². The van der Waals surface area contributed by atoms with Crippen LogP contribution in [0.1, 0.15) is 26.0 Å². The van der Waals surface area contributed by atoms with E-state index in [0.717, 1.165) is 12.3 Å².